The summed E-state index contributed by atoms with van der Waals surface area (Å²) in [6, 6.07) is 5.03. The summed E-state index contributed by atoms with van der Waals surface area (Å²) < 4.78 is 10.8. The number of carbonyl (C=O) groups excluding carboxylic acids is 1. The van der Waals surface area contributed by atoms with E-state index in [9.17, 15) is 4.79 Å². The molecule has 0 radical (unpaired) electrons. The Hall–Kier alpha value is -1.48. The van der Waals surface area contributed by atoms with Crippen LogP contribution in [-0.4, -0.2) is 19.5 Å². The van der Waals surface area contributed by atoms with E-state index in [4.69, 9.17) is 21.1 Å². The summed E-state index contributed by atoms with van der Waals surface area (Å²) in [5.74, 6) is 1.16. The van der Waals surface area contributed by atoms with Gasteiger partial charge in [0.25, 0.3) is 0 Å². The van der Waals surface area contributed by atoms with Crippen LogP contribution < -0.4 is 9.47 Å². The van der Waals surface area contributed by atoms with Gasteiger partial charge in [0.05, 0.1) is 6.61 Å². The Labute approximate surface area is 99.6 Å². The number of rotatable bonds is 6. The van der Waals surface area contributed by atoms with Gasteiger partial charge in [-0.25, -0.2) is 0 Å². The topological polar surface area (TPSA) is 35.5 Å². The lowest BCUT2D eigenvalue weighted by Crippen LogP contribution is -1.99. The number of aldehydes is 1. The number of hydrogen-bond donors (Lipinski definition) is 0. The van der Waals surface area contributed by atoms with Crippen LogP contribution >= 0.6 is 11.6 Å². The smallest absolute Gasteiger partial charge is 0.161 e. The molecule has 0 aromatic heterocycles. The van der Waals surface area contributed by atoms with Gasteiger partial charge in [-0.3, -0.25) is 4.79 Å². The molecule has 4 heteroatoms. The van der Waals surface area contributed by atoms with Crippen molar-refractivity contribution in [1.82, 2.24) is 0 Å². The van der Waals surface area contributed by atoms with E-state index >= 15 is 0 Å². The van der Waals surface area contributed by atoms with Crippen LogP contribution in [0.1, 0.15) is 17.3 Å². The lowest BCUT2D eigenvalue weighted by atomic mass is 10.2. The fourth-order valence-electron chi connectivity index (χ4n) is 1.16. The van der Waals surface area contributed by atoms with E-state index in [0.717, 1.165) is 6.29 Å². The highest BCUT2D eigenvalue weighted by Crippen LogP contribution is 2.27. The fraction of sp³-hybridized carbons (Fsp3) is 0.250. The highest BCUT2D eigenvalue weighted by Gasteiger charge is 2.05. The lowest BCUT2D eigenvalue weighted by Gasteiger charge is -2.10. The molecule has 16 heavy (non-hydrogen) atoms. The summed E-state index contributed by atoms with van der Waals surface area (Å²) in [6.45, 7) is 2.75. The summed E-state index contributed by atoms with van der Waals surface area (Å²) >= 11 is 5.38. The highest BCUT2D eigenvalue weighted by atomic mass is 35.5. The normalized spacial score (nSPS) is 10.4. The van der Waals surface area contributed by atoms with E-state index in [-0.39, 0.29) is 0 Å². The van der Waals surface area contributed by atoms with Gasteiger partial charge in [-0.1, -0.05) is 11.6 Å². The van der Waals surface area contributed by atoms with E-state index in [1.165, 1.54) is 5.54 Å². The van der Waals surface area contributed by atoms with Crippen LogP contribution in [0.5, 0.6) is 11.5 Å². The third kappa shape index (κ3) is 3.59. The molecule has 0 amide bonds. The maximum absolute atomic E-state index is 10.6. The van der Waals surface area contributed by atoms with Gasteiger partial charge in [0.2, 0.25) is 0 Å². The predicted molar refractivity (Wildman–Crippen MR) is 63.5 cm³/mol. The summed E-state index contributed by atoms with van der Waals surface area (Å²) in [5, 5.41) is 0. The van der Waals surface area contributed by atoms with Crippen molar-refractivity contribution in [1.29, 1.82) is 0 Å². The Kier molecular flexibility index (Phi) is 5.43. The van der Waals surface area contributed by atoms with E-state index in [0.29, 0.717) is 30.3 Å². The molecule has 0 aliphatic carbocycles. The molecule has 3 nitrogen and oxygen atoms in total. The van der Waals surface area contributed by atoms with Gasteiger partial charge in [0.15, 0.2) is 11.5 Å². The van der Waals surface area contributed by atoms with E-state index in [1.807, 2.05) is 6.92 Å². The minimum absolute atomic E-state index is 0.365. The van der Waals surface area contributed by atoms with Crippen LogP contribution in [0.3, 0.4) is 0 Å². The van der Waals surface area contributed by atoms with Crippen molar-refractivity contribution in [3.05, 3.63) is 35.4 Å². The zero-order valence-electron chi connectivity index (χ0n) is 8.98. The van der Waals surface area contributed by atoms with E-state index in [1.54, 1.807) is 24.3 Å². The molecule has 0 spiro atoms. The first-order valence-electron chi connectivity index (χ1n) is 4.91. The van der Waals surface area contributed by atoms with Crippen LogP contribution in [0.25, 0.3) is 0 Å². The summed E-state index contributed by atoms with van der Waals surface area (Å²) in [4.78, 5) is 10.6. The zero-order chi connectivity index (χ0) is 11.8. The van der Waals surface area contributed by atoms with E-state index in [2.05, 4.69) is 0 Å². The molecule has 1 aromatic rings. The highest BCUT2D eigenvalue weighted by molar-refractivity contribution is 6.25. The van der Waals surface area contributed by atoms with Crippen molar-refractivity contribution in [2.75, 3.05) is 13.2 Å². The van der Waals surface area contributed by atoms with Gasteiger partial charge in [-0.05, 0) is 31.2 Å². The van der Waals surface area contributed by atoms with Crippen LogP contribution in [0.15, 0.2) is 29.8 Å². The Morgan fingerprint density at radius 2 is 2.12 bits per heavy atom. The van der Waals surface area contributed by atoms with Gasteiger partial charge >= 0.3 is 0 Å². The van der Waals surface area contributed by atoms with Crippen LogP contribution in [0.4, 0.5) is 0 Å². The van der Waals surface area contributed by atoms with Crippen LogP contribution in [0.2, 0.25) is 0 Å². The Morgan fingerprint density at radius 3 is 2.75 bits per heavy atom. The molecular weight excluding hydrogens is 228 g/mol. The van der Waals surface area contributed by atoms with Gasteiger partial charge in [0.1, 0.15) is 12.9 Å². The van der Waals surface area contributed by atoms with Crippen molar-refractivity contribution in [3.63, 3.8) is 0 Å². The summed E-state index contributed by atoms with van der Waals surface area (Å²) in [6.07, 6.45) is 2.44. The number of benzene rings is 1. The molecular formula is C12H13ClO3. The van der Waals surface area contributed by atoms with Crippen molar-refractivity contribution < 1.29 is 14.3 Å². The molecule has 0 unspecified atom stereocenters. The maximum atomic E-state index is 10.6. The Morgan fingerprint density at radius 1 is 1.31 bits per heavy atom. The quantitative estimate of drug-likeness (QED) is 0.717. The minimum Gasteiger partial charge on any atom is -0.490 e. The zero-order valence-corrected chi connectivity index (χ0v) is 9.74. The van der Waals surface area contributed by atoms with Crippen LogP contribution in [0, 0.1) is 0 Å². The first-order valence-corrected chi connectivity index (χ1v) is 5.35. The molecule has 0 aliphatic heterocycles. The Bertz CT molecular complexity index is 375. The standard InChI is InChI=1S/C12H13ClO3/c1-2-15-12-8-10(9-14)4-5-11(12)16-7-3-6-13/h3-6,8-9H,2,7H2,1H3/b6-3+. The second kappa shape index (κ2) is 6.90. The first kappa shape index (κ1) is 12.6. The fourth-order valence-corrected chi connectivity index (χ4v) is 1.23. The third-order valence-corrected chi connectivity index (χ3v) is 2.01. The predicted octanol–water partition coefficient (Wildman–Crippen LogP) is 3.03. The monoisotopic (exact) mass is 240 g/mol. The molecule has 0 fully saturated rings. The average Bonchev–Trinajstić information content (AvgIpc) is 2.31. The maximum Gasteiger partial charge on any atom is 0.161 e. The molecule has 1 rings (SSSR count). The van der Waals surface area contributed by atoms with E-state index < -0.39 is 0 Å². The molecule has 0 N–H and O–H groups in total. The van der Waals surface area contributed by atoms with Crippen molar-refractivity contribution in [3.8, 4) is 11.5 Å². The number of carbonyl (C=O) groups is 1. The van der Waals surface area contributed by atoms with Gasteiger partial charge in [0, 0.05) is 11.1 Å². The lowest BCUT2D eigenvalue weighted by molar-refractivity contribution is 0.112. The minimum atomic E-state index is 0.365. The second-order valence-electron chi connectivity index (χ2n) is 2.93. The van der Waals surface area contributed by atoms with Gasteiger partial charge in [-0.15, -0.1) is 0 Å². The SMILES string of the molecule is CCOc1cc(C=O)ccc1OC/C=C/Cl. The number of halogens is 1. The average molecular weight is 241 g/mol. The molecule has 1 aromatic carbocycles. The summed E-state index contributed by atoms with van der Waals surface area (Å²) in [7, 11) is 0. The second-order valence-corrected chi connectivity index (χ2v) is 3.18. The van der Waals surface area contributed by atoms with Gasteiger partial charge in [-0.2, -0.15) is 0 Å². The first-order chi connectivity index (χ1) is 7.81. The van der Waals surface area contributed by atoms with Gasteiger partial charge < -0.3 is 9.47 Å². The molecule has 0 aliphatic rings. The summed E-state index contributed by atoms with van der Waals surface area (Å²) in [5.41, 5.74) is 1.95. The van der Waals surface area contributed by atoms with Crippen LogP contribution in [-0.2, 0) is 0 Å². The van der Waals surface area contributed by atoms with Crippen molar-refractivity contribution in [2.24, 2.45) is 0 Å². The molecule has 0 bridgehead atoms. The molecule has 0 atom stereocenters. The van der Waals surface area contributed by atoms with Crippen molar-refractivity contribution in [2.45, 2.75) is 6.92 Å². The Balaban J connectivity index is 2.84. The largest absolute Gasteiger partial charge is 0.490 e. The molecule has 0 saturated carbocycles. The molecule has 86 valence electrons. The molecule has 0 heterocycles. The van der Waals surface area contributed by atoms with Crippen molar-refractivity contribution >= 4 is 17.9 Å². The number of ether oxygens (including phenoxy) is 2. The molecule has 0 saturated heterocycles. The third-order valence-electron chi connectivity index (χ3n) is 1.83. The number of hydrogen-bond acceptors (Lipinski definition) is 3.